The van der Waals surface area contributed by atoms with Crippen molar-refractivity contribution in [2.45, 2.75) is 37.7 Å². The van der Waals surface area contributed by atoms with Crippen LogP contribution in [0.4, 0.5) is 0 Å². The molecule has 14 heavy (non-hydrogen) atoms. The fraction of sp³-hybridized carbons (Fsp3) is 1.00. The Morgan fingerprint density at radius 3 is 2.64 bits per heavy atom. The minimum atomic E-state index is -0.927. The van der Waals surface area contributed by atoms with Crippen molar-refractivity contribution in [3.63, 3.8) is 0 Å². The van der Waals surface area contributed by atoms with Crippen LogP contribution in [0.15, 0.2) is 0 Å². The maximum absolute atomic E-state index is 9.59. The summed E-state index contributed by atoms with van der Waals surface area (Å²) in [5.74, 6) is -0.422. The molecular formula is C9H19NO4. The number of hydrogen-bond donors (Lipinski definition) is 4. The zero-order chi connectivity index (χ0) is 10.7. The Morgan fingerprint density at radius 1 is 1.50 bits per heavy atom. The first-order chi connectivity index (χ1) is 6.56. The van der Waals surface area contributed by atoms with Crippen LogP contribution in [0.1, 0.15) is 13.3 Å². The normalized spacial score (nSPS) is 41.8. The van der Waals surface area contributed by atoms with Crippen LogP contribution in [-0.4, -0.2) is 52.9 Å². The number of aliphatic hydroxyl groups is 3. The summed E-state index contributed by atoms with van der Waals surface area (Å²) in [7, 11) is 0. The van der Waals surface area contributed by atoms with Gasteiger partial charge in [0.2, 0.25) is 0 Å². The number of aliphatic hydroxyl groups excluding tert-OH is 3. The van der Waals surface area contributed by atoms with Gasteiger partial charge in [0, 0.05) is 18.4 Å². The highest BCUT2D eigenvalue weighted by Crippen LogP contribution is 2.20. The van der Waals surface area contributed by atoms with Gasteiger partial charge in [0.15, 0.2) is 0 Å². The van der Waals surface area contributed by atoms with Crippen LogP contribution in [0.2, 0.25) is 0 Å². The molecule has 1 rings (SSSR count). The maximum Gasteiger partial charge on any atom is 0.0872 e. The van der Waals surface area contributed by atoms with E-state index in [4.69, 9.17) is 15.6 Å². The van der Waals surface area contributed by atoms with Crippen LogP contribution in [0.3, 0.4) is 0 Å². The van der Waals surface area contributed by atoms with Crippen molar-refractivity contribution in [2.75, 3.05) is 13.2 Å². The molecule has 5 heteroatoms. The van der Waals surface area contributed by atoms with Gasteiger partial charge in [-0.2, -0.15) is 0 Å². The van der Waals surface area contributed by atoms with Gasteiger partial charge in [-0.3, -0.25) is 0 Å². The number of hydrogen-bond acceptors (Lipinski definition) is 5. The zero-order valence-electron chi connectivity index (χ0n) is 8.34. The standard InChI is InChI=1S/C9H19NO4/c1-5(10)8-2-7(12)9(13)6(3-11)4-14-8/h5-9,11-13H,2-4,10H2,1H3. The first-order valence-electron chi connectivity index (χ1n) is 4.90. The van der Waals surface area contributed by atoms with E-state index in [1.165, 1.54) is 0 Å². The third-order valence-corrected chi connectivity index (χ3v) is 2.70. The monoisotopic (exact) mass is 205 g/mol. The van der Waals surface area contributed by atoms with E-state index in [1.807, 2.05) is 0 Å². The molecule has 5 nitrogen and oxygen atoms in total. The van der Waals surface area contributed by atoms with Gasteiger partial charge >= 0.3 is 0 Å². The minimum Gasteiger partial charge on any atom is -0.396 e. The Labute approximate surface area is 83.5 Å². The van der Waals surface area contributed by atoms with Crippen LogP contribution in [0, 0.1) is 5.92 Å². The van der Waals surface area contributed by atoms with E-state index < -0.39 is 18.1 Å². The highest BCUT2D eigenvalue weighted by molar-refractivity contribution is 4.84. The van der Waals surface area contributed by atoms with E-state index >= 15 is 0 Å². The zero-order valence-corrected chi connectivity index (χ0v) is 8.34. The van der Waals surface area contributed by atoms with Crippen molar-refractivity contribution in [1.82, 2.24) is 0 Å². The average Bonchev–Trinajstić information content (AvgIpc) is 2.28. The second-order valence-electron chi connectivity index (χ2n) is 3.97. The lowest BCUT2D eigenvalue weighted by Gasteiger charge is -2.21. The molecule has 0 spiro atoms. The summed E-state index contributed by atoms with van der Waals surface area (Å²) >= 11 is 0. The fourth-order valence-electron chi connectivity index (χ4n) is 1.63. The van der Waals surface area contributed by atoms with E-state index in [-0.39, 0.29) is 25.4 Å². The Balaban J connectivity index is 2.61. The van der Waals surface area contributed by atoms with Gasteiger partial charge < -0.3 is 25.8 Å². The molecule has 5 atom stereocenters. The molecule has 5 unspecified atom stereocenters. The fourth-order valence-corrected chi connectivity index (χ4v) is 1.63. The molecule has 0 aliphatic carbocycles. The van der Waals surface area contributed by atoms with Gasteiger partial charge in [0.05, 0.1) is 31.5 Å². The van der Waals surface area contributed by atoms with Gasteiger partial charge in [0.1, 0.15) is 0 Å². The van der Waals surface area contributed by atoms with Gasteiger partial charge in [0.25, 0.3) is 0 Å². The lowest BCUT2D eigenvalue weighted by Crippen LogP contribution is -2.38. The molecule has 1 aliphatic rings. The predicted molar refractivity (Wildman–Crippen MR) is 50.6 cm³/mol. The molecule has 0 aromatic heterocycles. The first kappa shape index (κ1) is 11.9. The molecule has 0 radical (unpaired) electrons. The number of ether oxygens (including phenoxy) is 1. The van der Waals surface area contributed by atoms with Crippen LogP contribution in [0.25, 0.3) is 0 Å². The molecule has 1 fully saturated rings. The lowest BCUT2D eigenvalue weighted by molar-refractivity contribution is -0.0315. The number of nitrogens with two attached hydrogens (primary N) is 1. The number of rotatable bonds is 2. The second kappa shape index (κ2) is 5.04. The molecule has 84 valence electrons. The van der Waals surface area contributed by atoms with Crippen LogP contribution in [-0.2, 0) is 4.74 Å². The molecule has 0 saturated carbocycles. The molecule has 5 N–H and O–H groups in total. The van der Waals surface area contributed by atoms with E-state index in [0.29, 0.717) is 6.42 Å². The molecule has 1 aliphatic heterocycles. The van der Waals surface area contributed by atoms with Crippen molar-refractivity contribution in [3.05, 3.63) is 0 Å². The molecule has 0 aromatic carbocycles. The van der Waals surface area contributed by atoms with Gasteiger partial charge in [-0.15, -0.1) is 0 Å². The highest BCUT2D eigenvalue weighted by atomic mass is 16.5. The van der Waals surface area contributed by atoms with Crippen molar-refractivity contribution >= 4 is 0 Å². The van der Waals surface area contributed by atoms with E-state index in [0.717, 1.165) is 0 Å². The van der Waals surface area contributed by atoms with Crippen LogP contribution < -0.4 is 5.73 Å². The molecule has 0 aromatic rings. The van der Waals surface area contributed by atoms with E-state index in [2.05, 4.69) is 0 Å². The summed E-state index contributed by atoms with van der Waals surface area (Å²) in [6, 6.07) is -0.186. The molecular weight excluding hydrogens is 186 g/mol. The third kappa shape index (κ3) is 2.65. The third-order valence-electron chi connectivity index (χ3n) is 2.70. The smallest absolute Gasteiger partial charge is 0.0872 e. The van der Waals surface area contributed by atoms with E-state index in [1.54, 1.807) is 6.92 Å². The summed E-state index contributed by atoms with van der Waals surface area (Å²) in [6.45, 7) is 1.84. The summed E-state index contributed by atoms with van der Waals surface area (Å²) in [4.78, 5) is 0. The Bertz CT molecular complexity index is 176. The molecule has 1 saturated heterocycles. The van der Waals surface area contributed by atoms with Crippen molar-refractivity contribution < 1.29 is 20.1 Å². The Hall–Kier alpha value is -0.200. The minimum absolute atomic E-state index is 0.186. The summed E-state index contributed by atoms with van der Waals surface area (Å²) < 4.78 is 5.40. The lowest BCUT2D eigenvalue weighted by atomic mass is 9.96. The predicted octanol–water partition coefficient (Wildman–Crippen LogP) is -1.55. The Kier molecular flexibility index (Phi) is 4.28. The molecule has 0 bridgehead atoms. The Morgan fingerprint density at radius 2 is 2.14 bits per heavy atom. The van der Waals surface area contributed by atoms with Crippen molar-refractivity contribution in [1.29, 1.82) is 0 Å². The van der Waals surface area contributed by atoms with Crippen molar-refractivity contribution in [3.8, 4) is 0 Å². The summed E-state index contributed by atoms with van der Waals surface area (Å²) in [6.07, 6.45) is -1.74. The second-order valence-corrected chi connectivity index (χ2v) is 3.97. The SMILES string of the molecule is CC(N)C1CC(O)C(O)C(CO)CO1. The van der Waals surface area contributed by atoms with Gasteiger partial charge in [-0.1, -0.05) is 0 Å². The van der Waals surface area contributed by atoms with E-state index in [9.17, 15) is 10.2 Å². The quantitative estimate of drug-likeness (QED) is 0.438. The highest BCUT2D eigenvalue weighted by Gasteiger charge is 2.33. The van der Waals surface area contributed by atoms with Crippen LogP contribution >= 0.6 is 0 Å². The maximum atomic E-state index is 9.59. The average molecular weight is 205 g/mol. The summed E-state index contributed by atoms with van der Waals surface area (Å²) in [5, 5.41) is 28.1. The molecule has 1 heterocycles. The van der Waals surface area contributed by atoms with Crippen molar-refractivity contribution in [2.24, 2.45) is 11.7 Å². The summed E-state index contributed by atoms with van der Waals surface area (Å²) in [5.41, 5.74) is 5.65. The van der Waals surface area contributed by atoms with Gasteiger partial charge in [-0.25, -0.2) is 0 Å². The first-order valence-corrected chi connectivity index (χ1v) is 4.90. The largest absolute Gasteiger partial charge is 0.396 e. The van der Waals surface area contributed by atoms with Gasteiger partial charge in [-0.05, 0) is 6.92 Å². The van der Waals surface area contributed by atoms with Crippen LogP contribution in [0.5, 0.6) is 0 Å². The topological polar surface area (TPSA) is 95.9 Å². The molecule has 0 amide bonds.